The molecule has 1 aromatic rings. The van der Waals surface area contributed by atoms with E-state index in [2.05, 4.69) is 62.5 Å². The van der Waals surface area contributed by atoms with Crippen LogP contribution in [0.25, 0.3) is 0 Å². The minimum Gasteiger partial charge on any atom is -0.313 e. The Balaban J connectivity index is 2.18. The molecule has 1 heterocycles. The van der Waals surface area contributed by atoms with Crippen LogP contribution < -0.4 is 5.32 Å². The molecule has 0 saturated carbocycles. The molecule has 110 valence electrons. The molecule has 0 aliphatic carbocycles. The summed E-state index contributed by atoms with van der Waals surface area (Å²) in [6, 6.07) is 5.52. The van der Waals surface area contributed by atoms with Crippen molar-refractivity contribution >= 4 is 11.3 Å². The van der Waals surface area contributed by atoms with Crippen LogP contribution in [-0.2, 0) is 0 Å². The topological polar surface area (TPSA) is 15.3 Å². The van der Waals surface area contributed by atoms with E-state index in [0.717, 1.165) is 19.0 Å². The third-order valence-electron chi connectivity index (χ3n) is 3.75. The Kier molecular flexibility index (Phi) is 7.66. The maximum Gasteiger partial charge on any atom is 0.0410 e. The predicted molar refractivity (Wildman–Crippen MR) is 86.9 cm³/mol. The third kappa shape index (κ3) is 6.55. The number of likely N-dealkylation sites (N-methyl/N-ethyl adjacent to an activating group) is 1. The number of nitrogens with zero attached hydrogens (tertiary/aromatic N) is 1. The normalized spacial score (nSPS) is 15.1. The molecule has 3 heteroatoms. The molecule has 0 fully saturated rings. The van der Waals surface area contributed by atoms with Gasteiger partial charge in [0.15, 0.2) is 0 Å². The summed E-state index contributed by atoms with van der Waals surface area (Å²) in [7, 11) is 2.21. The summed E-state index contributed by atoms with van der Waals surface area (Å²) in [5, 5.41) is 5.79. The Hall–Kier alpha value is -0.380. The Morgan fingerprint density at radius 2 is 1.95 bits per heavy atom. The fourth-order valence-electron chi connectivity index (χ4n) is 2.11. The predicted octanol–water partition coefficient (Wildman–Crippen LogP) is 4.16. The average Bonchev–Trinajstić information content (AvgIpc) is 2.89. The van der Waals surface area contributed by atoms with Crippen molar-refractivity contribution in [1.82, 2.24) is 10.2 Å². The van der Waals surface area contributed by atoms with E-state index in [4.69, 9.17) is 0 Å². The van der Waals surface area contributed by atoms with Crippen LogP contribution in [0.15, 0.2) is 17.5 Å². The van der Waals surface area contributed by atoms with Gasteiger partial charge in [-0.1, -0.05) is 19.9 Å². The first kappa shape index (κ1) is 16.7. The van der Waals surface area contributed by atoms with E-state index in [9.17, 15) is 0 Å². The highest BCUT2D eigenvalue weighted by atomic mass is 32.1. The van der Waals surface area contributed by atoms with Gasteiger partial charge in [-0.15, -0.1) is 11.3 Å². The zero-order valence-corrected chi connectivity index (χ0v) is 14.0. The fourth-order valence-corrected chi connectivity index (χ4v) is 2.96. The lowest BCUT2D eigenvalue weighted by Crippen LogP contribution is -2.35. The molecule has 0 aliphatic heterocycles. The lowest BCUT2D eigenvalue weighted by Gasteiger charge is -2.25. The van der Waals surface area contributed by atoms with Gasteiger partial charge in [0.2, 0.25) is 0 Å². The summed E-state index contributed by atoms with van der Waals surface area (Å²) >= 11 is 1.85. The highest BCUT2D eigenvalue weighted by Gasteiger charge is 2.12. The van der Waals surface area contributed by atoms with Crippen molar-refractivity contribution in [1.29, 1.82) is 0 Å². The van der Waals surface area contributed by atoms with Crippen molar-refractivity contribution in [3.63, 3.8) is 0 Å². The highest BCUT2D eigenvalue weighted by molar-refractivity contribution is 7.10. The van der Waals surface area contributed by atoms with Crippen LogP contribution in [0.3, 0.4) is 0 Å². The molecule has 0 aliphatic rings. The smallest absolute Gasteiger partial charge is 0.0410 e. The molecule has 0 spiro atoms. The van der Waals surface area contributed by atoms with Gasteiger partial charge < -0.3 is 5.32 Å². The molecule has 2 nitrogen and oxygen atoms in total. The maximum atomic E-state index is 3.63. The minimum atomic E-state index is 0.521. The van der Waals surface area contributed by atoms with Crippen LogP contribution in [0.4, 0.5) is 0 Å². The third-order valence-corrected chi connectivity index (χ3v) is 4.79. The second kappa shape index (κ2) is 8.72. The van der Waals surface area contributed by atoms with Gasteiger partial charge in [-0.3, -0.25) is 4.90 Å². The van der Waals surface area contributed by atoms with Crippen LogP contribution >= 0.6 is 11.3 Å². The van der Waals surface area contributed by atoms with Crippen LogP contribution in [-0.4, -0.2) is 31.1 Å². The van der Waals surface area contributed by atoms with E-state index in [1.54, 1.807) is 0 Å². The van der Waals surface area contributed by atoms with E-state index < -0.39 is 0 Å². The Labute approximate surface area is 123 Å². The molecule has 2 unspecified atom stereocenters. The van der Waals surface area contributed by atoms with Crippen LogP contribution in [0.1, 0.15) is 51.5 Å². The number of thiophene rings is 1. The first-order valence-corrected chi connectivity index (χ1v) is 8.35. The van der Waals surface area contributed by atoms with Gasteiger partial charge in [-0.05, 0) is 51.1 Å². The average molecular weight is 282 g/mol. The van der Waals surface area contributed by atoms with Crippen molar-refractivity contribution in [2.75, 3.05) is 20.1 Å². The summed E-state index contributed by atoms with van der Waals surface area (Å²) in [6.45, 7) is 11.3. The lowest BCUT2D eigenvalue weighted by atomic mass is 10.0. The first-order chi connectivity index (χ1) is 9.00. The first-order valence-electron chi connectivity index (χ1n) is 7.47. The van der Waals surface area contributed by atoms with E-state index in [1.165, 1.54) is 17.7 Å². The van der Waals surface area contributed by atoms with E-state index in [-0.39, 0.29) is 0 Å². The van der Waals surface area contributed by atoms with Crippen molar-refractivity contribution < 1.29 is 0 Å². The molecule has 0 radical (unpaired) electrons. The van der Waals surface area contributed by atoms with E-state index in [0.29, 0.717) is 12.1 Å². The zero-order valence-electron chi connectivity index (χ0n) is 13.1. The standard InChI is InChI=1S/C16H30N2S/c1-13(2)8-9-14(3)17-10-11-18(5)15(4)16-7-6-12-19-16/h6-7,12-15,17H,8-11H2,1-5H3. The highest BCUT2D eigenvalue weighted by Crippen LogP contribution is 2.22. The van der Waals surface area contributed by atoms with Gasteiger partial charge >= 0.3 is 0 Å². The number of nitrogens with one attached hydrogen (secondary N) is 1. The molecule has 1 aromatic heterocycles. The van der Waals surface area contributed by atoms with Gasteiger partial charge in [0.25, 0.3) is 0 Å². The van der Waals surface area contributed by atoms with E-state index >= 15 is 0 Å². The van der Waals surface area contributed by atoms with Crippen molar-refractivity contribution in [3.8, 4) is 0 Å². The van der Waals surface area contributed by atoms with Gasteiger partial charge in [0, 0.05) is 30.1 Å². The molecule has 19 heavy (non-hydrogen) atoms. The number of hydrogen-bond donors (Lipinski definition) is 1. The molecule has 0 bridgehead atoms. The van der Waals surface area contributed by atoms with Crippen LogP contribution in [0.5, 0.6) is 0 Å². The summed E-state index contributed by atoms with van der Waals surface area (Å²) < 4.78 is 0. The maximum absolute atomic E-state index is 3.63. The molecule has 0 amide bonds. The van der Waals surface area contributed by atoms with Crippen LogP contribution in [0.2, 0.25) is 0 Å². The Morgan fingerprint density at radius 1 is 1.21 bits per heavy atom. The minimum absolute atomic E-state index is 0.521. The zero-order chi connectivity index (χ0) is 14.3. The molecule has 1 N–H and O–H groups in total. The molecular weight excluding hydrogens is 252 g/mol. The van der Waals surface area contributed by atoms with Crippen LogP contribution in [0, 0.1) is 5.92 Å². The fraction of sp³-hybridized carbons (Fsp3) is 0.750. The molecule has 1 rings (SSSR count). The van der Waals surface area contributed by atoms with Gasteiger partial charge in [0.1, 0.15) is 0 Å². The van der Waals surface area contributed by atoms with Gasteiger partial charge in [-0.2, -0.15) is 0 Å². The Bertz CT molecular complexity index is 321. The molecule has 0 saturated heterocycles. The largest absolute Gasteiger partial charge is 0.313 e. The monoisotopic (exact) mass is 282 g/mol. The van der Waals surface area contributed by atoms with Gasteiger partial charge in [0.05, 0.1) is 0 Å². The number of rotatable bonds is 9. The second-order valence-electron chi connectivity index (χ2n) is 6.00. The van der Waals surface area contributed by atoms with Gasteiger partial charge in [-0.25, -0.2) is 0 Å². The Morgan fingerprint density at radius 3 is 2.53 bits per heavy atom. The second-order valence-corrected chi connectivity index (χ2v) is 6.98. The molecule has 0 aromatic carbocycles. The number of hydrogen-bond acceptors (Lipinski definition) is 3. The van der Waals surface area contributed by atoms with E-state index in [1.807, 2.05) is 11.3 Å². The summed E-state index contributed by atoms with van der Waals surface area (Å²) in [6.07, 6.45) is 2.59. The SMILES string of the molecule is CC(C)CCC(C)NCCN(C)C(C)c1cccs1. The summed E-state index contributed by atoms with van der Waals surface area (Å²) in [4.78, 5) is 3.88. The lowest BCUT2D eigenvalue weighted by molar-refractivity contribution is 0.259. The van der Waals surface area contributed by atoms with Crippen molar-refractivity contribution in [2.24, 2.45) is 5.92 Å². The molecular formula is C16H30N2S. The van der Waals surface area contributed by atoms with Crippen molar-refractivity contribution in [3.05, 3.63) is 22.4 Å². The summed E-state index contributed by atoms with van der Waals surface area (Å²) in [5.74, 6) is 0.811. The molecule has 2 atom stereocenters. The summed E-state index contributed by atoms with van der Waals surface area (Å²) in [5.41, 5.74) is 0. The van der Waals surface area contributed by atoms with Crippen molar-refractivity contribution in [2.45, 2.75) is 52.6 Å². The quantitative estimate of drug-likeness (QED) is 0.732.